The van der Waals surface area contributed by atoms with Gasteiger partial charge in [0.15, 0.2) is 0 Å². The number of hydrogen-bond acceptors (Lipinski definition) is 1. The van der Waals surface area contributed by atoms with E-state index < -0.39 is 18.4 Å². The van der Waals surface area contributed by atoms with Crippen molar-refractivity contribution in [3.63, 3.8) is 0 Å². The molecule has 0 amide bonds. The van der Waals surface area contributed by atoms with Crippen LogP contribution in [0.2, 0.25) is 13.3 Å². The fraction of sp³-hybridized carbons (Fsp3) is 0.696. The van der Waals surface area contributed by atoms with E-state index in [0.717, 1.165) is 6.54 Å². The number of nitrogens with zero attached hydrogens (tertiary/aromatic N) is 2. The van der Waals surface area contributed by atoms with Gasteiger partial charge in [0.1, 0.15) is 0 Å². The molecular weight excluding hydrogens is 535 g/mol. The topological polar surface area (TPSA) is 8.81 Å². The molecule has 2 aromatic heterocycles. The summed E-state index contributed by atoms with van der Waals surface area (Å²) in [5, 5.41) is 2.33. The quantitative estimate of drug-likeness (QED) is 0.175. The van der Waals surface area contributed by atoms with Crippen molar-refractivity contribution in [2.45, 2.75) is 98.5 Å². The Morgan fingerprint density at radius 3 is 2.18 bits per heavy atom. The van der Waals surface area contributed by atoms with Gasteiger partial charge in [0.05, 0.1) is 0 Å². The van der Waals surface area contributed by atoms with Gasteiger partial charge >= 0.3 is 177 Å². The van der Waals surface area contributed by atoms with E-state index in [0.29, 0.717) is 0 Å². The van der Waals surface area contributed by atoms with Gasteiger partial charge in [-0.3, -0.25) is 0 Å². The second-order valence-corrected chi connectivity index (χ2v) is 23.2. The Balaban J connectivity index is 0.00000392. The molecule has 2 rings (SSSR count). The fourth-order valence-electron chi connectivity index (χ4n) is 4.22. The average Bonchev–Trinajstić information content (AvgIpc) is 3.38. The van der Waals surface area contributed by atoms with Crippen molar-refractivity contribution < 1.29 is 21.5 Å². The van der Waals surface area contributed by atoms with Crippen LogP contribution in [-0.2, 0) is 13.1 Å². The van der Waals surface area contributed by atoms with E-state index in [1.165, 1.54) is 57.9 Å². The molecule has 0 aliphatic rings. The summed E-state index contributed by atoms with van der Waals surface area (Å²) < 4.78 is 11.2. The number of rotatable bonds is 15. The number of aryl methyl sites for hydroxylation is 2. The van der Waals surface area contributed by atoms with Gasteiger partial charge in [0.25, 0.3) is 0 Å². The summed E-state index contributed by atoms with van der Waals surface area (Å²) >= 11 is -0.0738. The Bertz CT molecular complexity index is 604. The van der Waals surface area contributed by atoms with Crippen LogP contribution in [0.25, 0.3) is 0 Å². The smallest absolute Gasteiger partial charge is 1.00 e. The first kappa shape index (κ1) is 26.2. The second-order valence-electron chi connectivity index (χ2n) is 8.11. The van der Waals surface area contributed by atoms with E-state index in [2.05, 4.69) is 77.5 Å². The molecule has 0 fully saturated rings. The number of halogens is 1. The normalized spacial score (nSPS) is 11.5. The first-order valence-corrected chi connectivity index (χ1v) is 19.7. The predicted molar refractivity (Wildman–Crippen MR) is 123 cm³/mol. The summed E-state index contributed by atoms with van der Waals surface area (Å²) in [7, 11) is 0. The molecule has 2 aromatic rings. The van der Waals surface area contributed by atoms with Crippen molar-refractivity contribution in [3.05, 3.63) is 36.2 Å². The van der Waals surface area contributed by atoms with Gasteiger partial charge in [-0.05, 0) is 0 Å². The van der Waals surface area contributed by atoms with Gasteiger partial charge in [-0.25, -0.2) is 0 Å². The number of thiophene rings is 1. The van der Waals surface area contributed by atoms with Crippen molar-refractivity contribution in [3.8, 4) is 0 Å². The van der Waals surface area contributed by atoms with Crippen molar-refractivity contribution in [2.24, 2.45) is 0 Å². The van der Waals surface area contributed by atoms with Crippen LogP contribution in [-0.4, -0.2) is 22.9 Å². The van der Waals surface area contributed by atoms with Crippen LogP contribution in [0.5, 0.6) is 0 Å². The third kappa shape index (κ3) is 8.51. The van der Waals surface area contributed by atoms with E-state index in [9.17, 15) is 0 Å². The van der Waals surface area contributed by atoms with Gasteiger partial charge in [0.2, 0.25) is 0 Å². The van der Waals surface area contributed by atoms with E-state index >= 15 is 0 Å². The molecule has 0 aliphatic heterocycles. The summed E-state index contributed by atoms with van der Waals surface area (Å²) in [4.78, 5) is 0. The zero-order chi connectivity index (χ0) is 19.4. The van der Waals surface area contributed by atoms with Gasteiger partial charge < -0.3 is 17.0 Å². The summed E-state index contributed by atoms with van der Waals surface area (Å²) in [5.74, 6) is 0. The fourth-order valence-corrected chi connectivity index (χ4v) is 23.8. The molecule has 160 valence electrons. The van der Waals surface area contributed by atoms with Crippen LogP contribution in [0.4, 0.5) is 0 Å². The maximum Gasteiger partial charge on any atom is -1.00 e. The molecule has 0 unspecified atom stereocenters. The summed E-state index contributed by atoms with van der Waals surface area (Å²) in [6.07, 6.45) is 17.9. The Morgan fingerprint density at radius 1 is 0.929 bits per heavy atom. The zero-order valence-corrected chi connectivity index (χ0v) is 23.6. The molecule has 0 saturated carbocycles. The standard InChI is InChI=1S/C11H20N2.C4H3S.2C4H9.BrH.Sn/c1-3-5-6-7-8-13-10-9-12(4-2)11-13;1-2-4-5-3-1;2*1-3-4-2;;/h9-11H,1,3-8H2,2H3;1-3H;2*1,3-4H2,2H3;1H;/q+1;;;;;/p-1. The number of hydrogen-bond donors (Lipinski definition) is 0. The molecule has 0 radical (unpaired) electrons. The van der Waals surface area contributed by atoms with Gasteiger partial charge in [-0.1, -0.05) is 0 Å². The number of imidazole rings is 1. The van der Waals surface area contributed by atoms with Gasteiger partial charge in [-0.15, -0.1) is 0 Å². The maximum absolute atomic E-state index is 2.50. The molecule has 2 heterocycles. The first-order valence-electron chi connectivity index (χ1n) is 11.3. The largest absolute Gasteiger partial charge is 1.00 e. The minimum atomic E-state index is -2.16. The van der Waals surface area contributed by atoms with Crippen LogP contribution in [0.15, 0.2) is 36.2 Å². The molecule has 2 nitrogen and oxygen atoms in total. The SMILES string of the molecule is CCC[CH2][Sn]([CH2]CCC)([CH2]CCCCC[n+]1ccn(CC)c1)[c]1cccs1.[Br-]. The van der Waals surface area contributed by atoms with Crippen LogP contribution in [0.3, 0.4) is 0 Å². The van der Waals surface area contributed by atoms with E-state index in [-0.39, 0.29) is 17.0 Å². The molecule has 0 aliphatic carbocycles. The number of unbranched alkanes of at least 4 members (excludes halogenated alkanes) is 5. The number of aromatic nitrogens is 2. The molecule has 28 heavy (non-hydrogen) atoms. The average molecular weight is 576 g/mol. The Morgan fingerprint density at radius 2 is 1.61 bits per heavy atom. The van der Waals surface area contributed by atoms with Crippen LogP contribution < -0.4 is 24.4 Å². The molecule has 0 atom stereocenters. The zero-order valence-electron chi connectivity index (χ0n) is 18.3. The van der Waals surface area contributed by atoms with Crippen molar-refractivity contribution in [1.29, 1.82) is 0 Å². The molecule has 0 saturated heterocycles. The van der Waals surface area contributed by atoms with Crippen molar-refractivity contribution in [1.82, 2.24) is 4.57 Å². The van der Waals surface area contributed by atoms with E-state index in [4.69, 9.17) is 0 Å². The maximum atomic E-state index is 2.50. The van der Waals surface area contributed by atoms with Crippen molar-refractivity contribution in [2.75, 3.05) is 0 Å². The molecule has 5 heteroatoms. The monoisotopic (exact) mass is 576 g/mol. The van der Waals surface area contributed by atoms with E-state index in [1.54, 1.807) is 13.3 Å². The summed E-state index contributed by atoms with van der Waals surface area (Å²) in [6.45, 7) is 9.19. The molecular formula is C23H41BrN2SSn. The van der Waals surface area contributed by atoms with Crippen LogP contribution in [0.1, 0.15) is 72.1 Å². The summed E-state index contributed by atoms with van der Waals surface area (Å²) in [5.41, 5.74) is 0. The Labute approximate surface area is 192 Å². The van der Waals surface area contributed by atoms with Gasteiger partial charge in [0, 0.05) is 0 Å². The summed E-state index contributed by atoms with van der Waals surface area (Å²) in [6, 6.07) is 4.81. The predicted octanol–water partition coefficient (Wildman–Crippen LogP) is 3.38. The minimum absolute atomic E-state index is 0. The molecule has 0 aromatic carbocycles. The van der Waals surface area contributed by atoms with Gasteiger partial charge in [-0.2, -0.15) is 0 Å². The molecule has 0 spiro atoms. The Hall–Kier alpha value is 0.189. The third-order valence-electron chi connectivity index (χ3n) is 5.99. The first-order chi connectivity index (χ1) is 13.2. The molecule has 0 N–H and O–H groups in total. The minimum Gasteiger partial charge on any atom is -1.00 e. The van der Waals surface area contributed by atoms with Crippen molar-refractivity contribution >= 4 is 32.6 Å². The second kappa shape index (κ2) is 15.1. The van der Waals surface area contributed by atoms with E-state index in [1.807, 2.05) is 2.89 Å². The Kier molecular flexibility index (Phi) is 14.1. The third-order valence-corrected chi connectivity index (χ3v) is 25.3. The van der Waals surface area contributed by atoms with Crippen LogP contribution >= 0.6 is 11.3 Å². The van der Waals surface area contributed by atoms with Crippen LogP contribution in [0, 0.1) is 0 Å². The molecule has 0 bridgehead atoms.